The van der Waals surface area contributed by atoms with Crippen LogP contribution in [0.25, 0.3) is 0 Å². The van der Waals surface area contributed by atoms with Crippen molar-refractivity contribution in [2.75, 3.05) is 0 Å². The third-order valence-corrected chi connectivity index (χ3v) is 6.39. The highest BCUT2D eigenvalue weighted by Crippen LogP contribution is 2.60. The molecule has 0 unspecified atom stereocenters. The van der Waals surface area contributed by atoms with E-state index >= 15 is 0 Å². The SMILES string of the molecule is C#Cc1c(C(=O)O)cc(C23CC4CC(CC(C4)C2)C3)cc1C(=O)O. The van der Waals surface area contributed by atoms with Crippen molar-refractivity contribution < 1.29 is 19.8 Å². The van der Waals surface area contributed by atoms with Crippen LogP contribution in [0.15, 0.2) is 12.1 Å². The number of carbonyl (C=O) groups is 2. The lowest BCUT2D eigenvalue weighted by Gasteiger charge is -2.57. The normalized spacial score (nSPS) is 33.2. The number of carboxylic acids is 2. The Morgan fingerprint density at radius 2 is 1.38 bits per heavy atom. The van der Waals surface area contributed by atoms with Crippen molar-refractivity contribution in [3.8, 4) is 12.3 Å². The average Bonchev–Trinajstić information content (AvgIpc) is 2.52. The van der Waals surface area contributed by atoms with Crippen LogP contribution in [0.2, 0.25) is 0 Å². The van der Waals surface area contributed by atoms with Crippen LogP contribution in [-0.2, 0) is 5.41 Å². The van der Waals surface area contributed by atoms with E-state index in [9.17, 15) is 19.8 Å². The minimum Gasteiger partial charge on any atom is -0.478 e. The first-order valence-corrected chi connectivity index (χ1v) is 8.53. The Labute approximate surface area is 140 Å². The van der Waals surface area contributed by atoms with Crippen LogP contribution in [0, 0.1) is 30.1 Å². The lowest BCUT2D eigenvalue weighted by Crippen LogP contribution is -2.48. The molecule has 4 nitrogen and oxygen atoms in total. The van der Waals surface area contributed by atoms with E-state index in [1.807, 2.05) is 0 Å². The Morgan fingerprint density at radius 3 is 1.71 bits per heavy atom. The van der Waals surface area contributed by atoms with Crippen molar-refractivity contribution >= 4 is 11.9 Å². The second kappa shape index (κ2) is 5.11. The quantitative estimate of drug-likeness (QED) is 0.834. The maximum absolute atomic E-state index is 11.6. The van der Waals surface area contributed by atoms with Gasteiger partial charge in [0.25, 0.3) is 0 Å². The zero-order valence-corrected chi connectivity index (χ0v) is 13.4. The van der Waals surface area contributed by atoms with E-state index < -0.39 is 11.9 Å². The lowest BCUT2D eigenvalue weighted by molar-refractivity contribution is -0.00524. The predicted molar refractivity (Wildman–Crippen MR) is 88.1 cm³/mol. The van der Waals surface area contributed by atoms with Gasteiger partial charge in [-0.1, -0.05) is 5.92 Å². The second-order valence-electron chi connectivity index (χ2n) is 7.90. The van der Waals surface area contributed by atoms with E-state index in [0.29, 0.717) is 17.8 Å². The van der Waals surface area contributed by atoms with E-state index in [4.69, 9.17) is 6.42 Å². The molecule has 0 heterocycles. The van der Waals surface area contributed by atoms with E-state index in [2.05, 4.69) is 5.92 Å². The highest BCUT2D eigenvalue weighted by Gasteiger charge is 2.51. The summed E-state index contributed by atoms with van der Waals surface area (Å²) in [5.74, 6) is 2.05. The van der Waals surface area contributed by atoms with Crippen molar-refractivity contribution in [1.82, 2.24) is 0 Å². The fourth-order valence-electron chi connectivity index (χ4n) is 5.91. The number of terminal acetylenes is 1. The van der Waals surface area contributed by atoms with Crippen LogP contribution in [0.4, 0.5) is 0 Å². The zero-order valence-electron chi connectivity index (χ0n) is 13.4. The summed E-state index contributed by atoms with van der Waals surface area (Å²) in [7, 11) is 0. The molecule has 1 aromatic carbocycles. The van der Waals surface area contributed by atoms with Gasteiger partial charge in [-0.3, -0.25) is 0 Å². The van der Waals surface area contributed by atoms with Crippen LogP contribution in [0.1, 0.15) is 70.4 Å². The summed E-state index contributed by atoms with van der Waals surface area (Å²) in [4.78, 5) is 23.3. The molecule has 0 atom stereocenters. The molecule has 0 aliphatic heterocycles. The van der Waals surface area contributed by atoms with Gasteiger partial charge in [-0.2, -0.15) is 0 Å². The molecule has 0 amide bonds. The number of hydrogen-bond acceptors (Lipinski definition) is 2. The lowest BCUT2D eigenvalue weighted by atomic mass is 9.48. The van der Waals surface area contributed by atoms with Crippen LogP contribution < -0.4 is 0 Å². The van der Waals surface area contributed by atoms with Crippen LogP contribution in [-0.4, -0.2) is 22.2 Å². The molecule has 0 saturated heterocycles. The summed E-state index contributed by atoms with van der Waals surface area (Å²) in [6.45, 7) is 0. The Kier molecular flexibility index (Phi) is 3.25. The van der Waals surface area contributed by atoms with Crippen LogP contribution >= 0.6 is 0 Å². The van der Waals surface area contributed by atoms with Gasteiger partial charge in [-0.05, 0) is 79.4 Å². The van der Waals surface area contributed by atoms with E-state index in [1.165, 1.54) is 19.3 Å². The highest BCUT2D eigenvalue weighted by atomic mass is 16.4. The largest absolute Gasteiger partial charge is 0.478 e. The van der Waals surface area contributed by atoms with Crippen molar-refractivity contribution in [2.45, 2.75) is 43.9 Å². The molecule has 4 fully saturated rings. The molecule has 4 aliphatic carbocycles. The van der Waals surface area contributed by atoms with Crippen molar-refractivity contribution in [3.05, 3.63) is 34.4 Å². The predicted octanol–water partition coefficient (Wildman–Crippen LogP) is 3.53. The van der Waals surface area contributed by atoms with Crippen molar-refractivity contribution in [1.29, 1.82) is 0 Å². The molecule has 0 aromatic heterocycles. The molecule has 0 spiro atoms. The Morgan fingerprint density at radius 1 is 0.958 bits per heavy atom. The van der Waals surface area contributed by atoms with Gasteiger partial charge in [0.15, 0.2) is 0 Å². The second-order valence-corrected chi connectivity index (χ2v) is 7.90. The molecular weight excluding hydrogens is 304 g/mol. The Bertz CT molecular complexity index is 713. The van der Waals surface area contributed by atoms with Gasteiger partial charge in [0.05, 0.1) is 16.7 Å². The average molecular weight is 324 g/mol. The minimum absolute atomic E-state index is 0.0246. The maximum Gasteiger partial charge on any atom is 0.336 e. The minimum atomic E-state index is -1.16. The van der Waals surface area contributed by atoms with Gasteiger partial charge in [0.1, 0.15) is 0 Å². The van der Waals surface area contributed by atoms with E-state index in [-0.39, 0.29) is 22.1 Å². The molecule has 24 heavy (non-hydrogen) atoms. The van der Waals surface area contributed by atoms with Gasteiger partial charge in [-0.15, -0.1) is 6.42 Å². The molecule has 4 aliphatic rings. The van der Waals surface area contributed by atoms with Gasteiger partial charge in [0.2, 0.25) is 0 Å². The Hall–Kier alpha value is -2.28. The molecule has 1 aromatic rings. The first-order chi connectivity index (χ1) is 11.4. The third-order valence-electron chi connectivity index (χ3n) is 6.39. The van der Waals surface area contributed by atoms with Crippen molar-refractivity contribution in [3.63, 3.8) is 0 Å². The fraction of sp³-hybridized carbons (Fsp3) is 0.500. The highest BCUT2D eigenvalue weighted by molar-refractivity contribution is 5.98. The van der Waals surface area contributed by atoms with Crippen LogP contribution in [0.3, 0.4) is 0 Å². The molecule has 2 N–H and O–H groups in total. The summed E-state index contributed by atoms with van der Waals surface area (Å²) < 4.78 is 0. The summed E-state index contributed by atoms with van der Waals surface area (Å²) >= 11 is 0. The smallest absolute Gasteiger partial charge is 0.336 e. The molecular formula is C20H20O4. The zero-order chi connectivity index (χ0) is 17.1. The number of aromatic carboxylic acids is 2. The first-order valence-electron chi connectivity index (χ1n) is 8.53. The number of rotatable bonds is 3. The summed E-state index contributed by atoms with van der Waals surface area (Å²) in [6, 6.07) is 3.30. The fourth-order valence-corrected chi connectivity index (χ4v) is 5.91. The van der Waals surface area contributed by atoms with Gasteiger partial charge < -0.3 is 10.2 Å². The van der Waals surface area contributed by atoms with Gasteiger partial charge >= 0.3 is 11.9 Å². The summed E-state index contributed by atoms with van der Waals surface area (Å²) in [5.41, 5.74) is 0.682. The van der Waals surface area contributed by atoms with Gasteiger partial charge in [0, 0.05) is 0 Å². The number of carboxylic acid groups (broad SMARTS) is 2. The molecule has 0 radical (unpaired) electrons. The van der Waals surface area contributed by atoms with Crippen LogP contribution in [0.5, 0.6) is 0 Å². The maximum atomic E-state index is 11.6. The molecule has 5 rings (SSSR count). The van der Waals surface area contributed by atoms with E-state index in [0.717, 1.165) is 24.8 Å². The van der Waals surface area contributed by atoms with Crippen molar-refractivity contribution in [2.24, 2.45) is 17.8 Å². The Balaban J connectivity index is 1.88. The molecule has 4 bridgehead atoms. The summed E-state index contributed by atoms with van der Waals surface area (Å²) in [5, 5.41) is 19.0. The van der Waals surface area contributed by atoms with Gasteiger partial charge in [-0.25, -0.2) is 9.59 Å². The third kappa shape index (κ3) is 2.15. The monoisotopic (exact) mass is 324 g/mol. The first kappa shape index (κ1) is 15.3. The van der Waals surface area contributed by atoms with E-state index in [1.54, 1.807) is 12.1 Å². The number of benzene rings is 1. The molecule has 4 heteroatoms. The topological polar surface area (TPSA) is 74.6 Å². The standard InChI is InChI=1S/C20H20O4/c1-2-15-16(18(21)22)6-14(7-17(15)19(23)24)20-8-11-3-12(9-20)5-13(4-11)10-20/h1,6-7,11-13H,3-5,8-10H2,(H,21,22)(H,23,24). The molecule has 4 saturated carbocycles. The summed E-state index contributed by atoms with van der Waals surface area (Å²) in [6.07, 6.45) is 12.4. The number of hydrogen-bond donors (Lipinski definition) is 2. The molecule has 124 valence electrons.